The van der Waals surface area contributed by atoms with Gasteiger partial charge in [-0.2, -0.15) is 26.3 Å². The predicted octanol–water partition coefficient (Wildman–Crippen LogP) is 4.20. The molecule has 0 aliphatic rings. The number of nitro benzene ring substituents is 2. The van der Waals surface area contributed by atoms with Crippen LogP contribution in [0.25, 0.3) is 28.0 Å². The van der Waals surface area contributed by atoms with Gasteiger partial charge in [-0.15, -0.1) is 0 Å². The van der Waals surface area contributed by atoms with Gasteiger partial charge in [0.25, 0.3) is 11.4 Å². The lowest BCUT2D eigenvalue weighted by atomic mass is 10.1. The highest BCUT2D eigenvalue weighted by Gasteiger charge is 2.33. The number of halogens is 7. The van der Waals surface area contributed by atoms with Crippen LogP contribution in [-0.4, -0.2) is 47.0 Å². The maximum absolute atomic E-state index is 12.7. The number of phenolic OH excluding ortho intramolecular Hbond substituents is 2. The number of ketones is 1. The second-order valence-electron chi connectivity index (χ2n) is 11.5. The summed E-state index contributed by atoms with van der Waals surface area (Å²) >= 11 is 0. The minimum Gasteiger partial charge on any atom is -1.00 e. The van der Waals surface area contributed by atoms with Crippen molar-refractivity contribution in [3.63, 3.8) is 0 Å². The van der Waals surface area contributed by atoms with E-state index < -0.39 is 50.6 Å². The maximum atomic E-state index is 12.7. The van der Waals surface area contributed by atoms with E-state index in [1.54, 1.807) is 18.7 Å². The SMILES string of the molecule is CNc1ccc([N+](=O)[O-])cc1-n1cnc(-c2ccc(C(F)(F)F)cc2O)c1.Cn1c[n+](CC(=O)c2ccc(C(F)(F)F)cc2O)c2cc([N+](=O)[O-])ccc21.[Br-]. The zero-order valence-corrected chi connectivity index (χ0v) is 29.7. The number of aromatic hydroxyl groups is 2. The molecular weight excluding hydrogens is 812 g/mol. The van der Waals surface area contributed by atoms with Crippen molar-refractivity contribution >= 4 is 33.9 Å². The van der Waals surface area contributed by atoms with Gasteiger partial charge in [-0.05, 0) is 48.5 Å². The smallest absolute Gasteiger partial charge is 0.416 e. The zero-order valence-electron chi connectivity index (χ0n) is 28.1. The number of anilines is 1. The van der Waals surface area contributed by atoms with Crippen molar-refractivity contribution in [3.8, 4) is 28.4 Å². The van der Waals surface area contributed by atoms with E-state index in [1.165, 1.54) is 64.4 Å². The van der Waals surface area contributed by atoms with Crippen LogP contribution < -0.4 is 26.9 Å². The Labute approximate surface area is 315 Å². The number of aromatic nitrogens is 4. The number of nitrogens with one attached hydrogen (secondary N) is 1. The van der Waals surface area contributed by atoms with Crippen molar-refractivity contribution in [2.45, 2.75) is 18.9 Å². The van der Waals surface area contributed by atoms with Gasteiger partial charge in [0, 0.05) is 37.0 Å². The fraction of sp³-hybridized carbons (Fsp3) is 0.147. The monoisotopic (exact) mass is 837 g/mol. The fourth-order valence-corrected chi connectivity index (χ4v) is 5.37. The Hall–Kier alpha value is -6.51. The number of hydrogen-bond donors (Lipinski definition) is 3. The Morgan fingerprint density at radius 1 is 0.855 bits per heavy atom. The molecule has 4 aromatic carbocycles. The number of imidazole rings is 2. The lowest BCUT2D eigenvalue weighted by Gasteiger charge is -2.10. The molecule has 288 valence electrons. The van der Waals surface area contributed by atoms with E-state index in [2.05, 4.69) is 10.3 Å². The Morgan fingerprint density at radius 2 is 1.44 bits per heavy atom. The first-order valence-corrected chi connectivity index (χ1v) is 15.3. The number of nitro groups is 2. The van der Waals surface area contributed by atoms with Gasteiger partial charge in [0.05, 0.1) is 63.0 Å². The van der Waals surface area contributed by atoms with Crippen LogP contribution in [-0.2, 0) is 25.9 Å². The largest absolute Gasteiger partial charge is 1.00 e. The molecule has 3 N–H and O–H groups in total. The summed E-state index contributed by atoms with van der Waals surface area (Å²) in [6, 6.07) is 13.1. The van der Waals surface area contributed by atoms with Crippen LogP contribution in [0, 0.1) is 20.2 Å². The molecule has 21 heteroatoms. The summed E-state index contributed by atoms with van der Waals surface area (Å²) in [4.78, 5) is 37.4. The molecule has 0 amide bonds. The summed E-state index contributed by atoms with van der Waals surface area (Å²) in [6.45, 7) is -0.308. The molecule has 6 rings (SSSR count). The van der Waals surface area contributed by atoms with Crippen molar-refractivity contribution in [2.75, 3.05) is 12.4 Å². The first-order chi connectivity index (χ1) is 25.3. The summed E-state index contributed by atoms with van der Waals surface area (Å²) in [6.07, 6.45) is -4.86. The molecule has 0 radical (unpaired) electrons. The minimum atomic E-state index is -4.64. The van der Waals surface area contributed by atoms with E-state index in [1.807, 2.05) is 0 Å². The molecule has 0 atom stereocenters. The highest BCUT2D eigenvalue weighted by atomic mass is 79.9. The van der Waals surface area contributed by atoms with E-state index in [0.717, 1.165) is 18.2 Å². The first-order valence-electron chi connectivity index (χ1n) is 15.3. The van der Waals surface area contributed by atoms with Crippen LogP contribution in [0.4, 0.5) is 43.4 Å². The third kappa shape index (κ3) is 9.00. The number of nitrogens with zero attached hydrogens (tertiary/aromatic N) is 6. The summed E-state index contributed by atoms with van der Waals surface area (Å²) in [7, 11) is 3.33. The number of carbonyl (C=O) groups excluding carboxylic acids is 1. The second-order valence-corrected chi connectivity index (χ2v) is 11.5. The molecule has 0 unspecified atom stereocenters. The quantitative estimate of drug-likeness (QED) is 0.0666. The van der Waals surface area contributed by atoms with Crippen molar-refractivity contribution in [1.29, 1.82) is 0 Å². The van der Waals surface area contributed by atoms with Gasteiger partial charge in [-0.1, -0.05) is 0 Å². The summed E-state index contributed by atoms with van der Waals surface area (Å²) in [5.74, 6) is -1.98. The summed E-state index contributed by atoms with van der Waals surface area (Å²) < 4.78 is 80.7. The van der Waals surface area contributed by atoms with Crippen molar-refractivity contribution in [1.82, 2.24) is 14.1 Å². The van der Waals surface area contributed by atoms with Crippen LogP contribution in [0.15, 0.2) is 91.6 Å². The van der Waals surface area contributed by atoms with Crippen LogP contribution in [0.3, 0.4) is 0 Å². The van der Waals surface area contributed by atoms with Crippen LogP contribution >= 0.6 is 0 Å². The average Bonchev–Trinajstić information content (AvgIpc) is 3.71. The van der Waals surface area contributed by atoms with E-state index in [0.29, 0.717) is 40.6 Å². The number of carbonyl (C=O) groups is 1. The van der Waals surface area contributed by atoms with Gasteiger partial charge in [-0.3, -0.25) is 25.0 Å². The highest BCUT2D eigenvalue weighted by Crippen LogP contribution is 2.37. The Morgan fingerprint density at radius 3 is 2.00 bits per heavy atom. The normalized spacial score (nSPS) is 11.3. The second kappa shape index (κ2) is 15.8. The molecular formula is C34H26BrF6N7O7. The van der Waals surface area contributed by atoms with Gasteiger partial charge >= 0.3 is 12.4 Å². The topological polar surface area (TPSA) is 182 Å². The first kappa shape index (κ1) is 41.2. The van der Waals surface area contributed by atoms with E-state index in [-0.39, 0.29) is 51.7 Å². The minimum absolute atomic E-state index is 0. The highest BCUT2D eigenvalue weighted by molar-refractivity contribution is 5.98. The molecule has 0 bridgehead atoms. The number of benzene rings is 4. The molecule has 6 aromatic rings. The fourth-order valence-electron chi connectivity index (χ4n) is 5.37. The van der Waals surface area contributed by atoms with E-state index >= 15 is 0 Å². The van der Waals surface area contributed by atoms with Crippen LogP contribution in [0.5, 0.6) is 11.5 Å². The number of non-ortho nitro benzene ring substituents is 2. The molecule has 0 spiro atoms. The Balaban J connectivity index is 0.000000240. The van der Waals surface area contributed by atoms with Gasteiger partial charge in [0.2, 0.25) is 12.1 Å². The third-order valence-electron chi connectivity index (χ3n) is 8.03. The lowest BCUT2D eigenvalue weighted by molar-refractivity contribution is -0.657. The number of aryl methyl sites for hydroxylation is 1. The van der Waals surface area contributed by atoms with Crippen molar-refractivity contribution in [3.05, 3.63) is 129 Å². The molecule has 0 fully saturated rings. The molecule has 0 saturated carbocycles. The number of Topliss-reactive ketones (excluding diaryl/α,β-unsaturated/α-hetero) is 1. The lowest BCUT2D eigenvalue weighted by Crippen LogP contribution is -3.00. The van der Waals surface area contributed by atoms with Crippen molar-refractivity contribution < 1.29 is 72.7 Å². The van der Waals surface area contributed by atoms with Gasteiger partial charge in [-0.25, -0.2) is 14.1 Å². The number of rotatable bonds is 8. The summed E-state index contributed by atoms with van der Waals surface area (Å²) in [5.41, 5.74) is -0.214. The number of phenols is 2. The van der Waals surface area contributed by atoms with Gasteiger partial charge < -0.3 is 37.1 Å². The van der Waals surface area contributed by atoms with Crippen LogP contribution in [0.1, 0.15) is 21.5 Å². The molecule has 2 aromatic heterocycles. The average molecular weight is 839 g/mol. The molecule has 14 nitrogen and oxygen atoms in total. The maximum Gasteiger partial charge on any atom is 0.416 e. The number of fused-ring (bicyclic) bond motifs is 1. The summed E-state index contributed by atoms with van der Waals surface area (Å²) in [5, 5.41) is 44.6. The molecule has 0 saturated heterocycles. The van der Waals surface area contributed by atoms with E-state index in [9.17, 15) is 61.6 Å². The molecule has 55 heavy (non-hydrogen) atoms. The number of hydrogen-bond acceptors (Lipinski definition) is 9. The third-order valence-corrected chi connectivity index (χ3v) is 8.03. The zero-order chi connectivity index (χ0) is 39.7. The Kier molecular flexibility index (Phi) is 11.9. The number of alkyl halides is 6. The molecule has 2 heterocycles. The Bertz CT molecular complexity index is 2430. The van der Waals surface area contributed by atoms with E-state index in [4.69, 9.17) is 0 Å². The molecule has 0 aliphatic carbocycles. The standard InChI is InChI=1S/C17H13F3N4O3.C17H12F3N3O4.BrH/c1-21-13-5-3-11(24(26)27)7-15(13)23-8-14(22-9-23)12-4-2-10(6-16(12)25)17(18,19)20;1-21-9-22(14-7-11(23(26)27)3-5-13(14)21)8-16(25)12-4-2-10(6-15(12)24)17(18,19)20;/h2-9,21,25H,1H3;2-7,9H,8H2,1H3;1H. The van der Waals surface area contributed by atoms with Crippen molar-refractivity contribution in [2.24, 2.45) is 7.05 Å². The van der Waals surface area contributed by atoms with Gasteiger partial charge in [0.1, 0.15) is 11.5 Å². The van der Waals surface area contributed by atoms with Gasteiger partial charge in [0.15, 0.2) is 17.6 Å². The van der Waals surface area contributed by atoms with Crippen LogP contribution in [0.2, 0.25) is 0 Å². The molecule has 0 aliphatic heterocycles. The predicted molar refractivity (Wildman–Crippen MR) is 179 cm³/mol.